The summed E-state index contributed by atoms with van der Waals surface area (Å²) in [7, 11) is 0. The van der Waals surface area contributed by atoms with Crippen LogP contribution >= 0.6 is 0 Å². The molecular weight excluding hydrogens is 379 g/mol. The number of likely N-dealkylation sites (tertiary alicyclic amines) is 1. The zero-order valence-corrected chi connectivity index (χ0v) is 17.0. The standard InChI is InChI=1S/C22H32F3N3O/c23-22(24,25)18-4-3-5-20(16-18)28-13-11-27(12-14-28)19-7-9-26(10-8-19)17-21-6-1-2-15-29-21/h3-5,16,19,21H,1-2,6-15,17H2/t21-/m1/s1. The highest BCUT2D eigenvalue weighted by atomic mass is 19.4. The second kappa shape index (κ2) is 9.23. The Morgan fingerprint density at radius 2 is 1.69 bits per heavy atom. The van der Waals surface area contributed by atoms with Gasteiger partial charge in [0.25, 0.3) is 0 Å². The molecule has 3 aliphatic heterocycles. The molecule has 1 atom stereocenters. The molecule has 0 amide bonds. The van der Waals surface area contributed by atoms with Gasteiger partial charge in [-0.1, -0.05) is 6.07 Å². The second-order valence-corrected chi connectivity index (χ2v) is 8.59. The number of hydrogen-bond acceptors (Lipinski definition) is 4. The summed E-state index contributed by atoms with van der Waals surface area (Å²) < 4.78 is 44.8. The number of piperazine rings is 1. The summed E-state index contributed by atoms with van der Waals surface area (Å²) in [5.41, 5.74) is 0.119. The molecule has 4 nitrogen and oxygen atoms in total. The molecule has 0 bridgehead atoms. The lowest BCUT2D eigenvalue weighted by atomic mass is 10.0. The summed E-state index contributed by atoms with van der Waals surface area (Å²) in [6.45, 7) is 7.65. The molecule has 0 spiro atoms. The molecule has 1 aromatic carbocycles. The predicted octanol–water partition coefficient (Wildman–Crippen LogP) is 3.86. The van der Waals surface area contributed by atoms with Crippen molar-refractivity contribution >= 4 is 5.69 Å². The molecular formula is C22H32F3N3O. The number of piperidine rings is 1. The van der Waals surface area contributed by atoms with Gasteiger partial charge in [-0.2, -0.15) is 13.2 Å². The van der Waals surface area contributed by atoms with Gasteiger partial charge >= 0.3 is 6.18 Å². The van der Waals surface area contributed by atoms with Crippen molar-refractivity contribution in [2.45, 2.75) is 50.4 Å². The van der Waals surface area contributed by atoms with E-state index >= 15 is 0 Å². The molecule has 7 heteroatoms. The summed E-state index contributed by atoms with van der Waals surface area (Å²) in [5.74, 6) is 0. The van der Waals surface area contributed by atoms with Crippen molar-refractivity contribution in [3.63, 3.8) is 0 Å². The van der Waals surface area contributed by atoms with Gasteiger partial charge in [0, 0.05) is 51.1 Å². The monoisotopic (exact) mass is 411 g/mol. The number of benzene rings is 1. The zero-order chi connectivity index (χ0) is 20.3. The molecule has 162 valence electrons. The van der Waals surface area contributed by atoms with Crippen LogP contribution in [-0.2, 0) is 10.9 Å². The predicted molar refractivity (Wildman–Crippen MR) is 108 cm³/mol. The fourth-order valence-corrected chi connectivity index (χ4v) is 4.93. The molecule has 0 aromatic heterocycles. The van der Waals surface area contributed by atoms with E-state index in [4.69, 9.17) is 4.74 Å². The molecule has 3 aliphatic rings. The van der Waals surface area contributed by atoms with Gasteiger partial charge in [-0.05, 0) is 63.4 Å². The highest BCUT2D eigenvalue weighted by molar-refractivity contribution is 5.49. The van der Waals surface area contributed by atoms with E-state index in [2.05, 4.69) is 14.7 Å². The van der Waals surface area contributed by atoms with E-state index in [-0.39, 0.29) is 0 Å². The van der Waals surface area contributed by atoms with Crippen LogP contribution in [0.4, 0.5) is 18.9 Å². The summed E-state index contributed by atoms with van der Waals surface area (Å²) >= 11 is 0. The Morgan fingerprint density at radius 1 is 0.931 bits per heavy atom. The Hall–Kier alpha value is -1.31. The summed E-state index contributed by atoms with van der Waals surface area (Å²) in [6.07, 6.45) is 2.16. The fraction of sp³-hybridized carbons (Fsp3) is 0.727. The van der Waals surface area contributed by atoms with Crippen molar-refractivity contribution in [2.24, 2.45) is 0 Å². The lowest BCUT2D eigenvalue weighted by molar-refractivity contribution is -0.137. The summed E-state index contributed by atoms with van der Waals surface area (Å²) in [6, 6.07) is 6.32. The highest BCUT2D eigenvalue weighted by Gasteiger charge is 2.32. The molecule has 29 heavy (non-hydrogen) atoms. The van der Waals surface area contributed by atoms with Gasteiger partial charge in [-0.3, -0.25) is 4.90 Å². The maximum absolute atomic E-state index is 13.0. The zero-order valence-electron chi connectivity index (χ0n) is 17.0. The van der Waals surface area contributed by atoms with Crippen LogP contribution in [0.3, 0.4) is 0 Å². The van der Waals surface area contributed by atoms with E-state index in [0.717, 1.165) is 58.5 Å². The average molecular weight is 412 g/mol. The molecule has 0 unspecified atom stereocenters. The molecule has 0 N–H and O–H groups in total. The SMILES string of the molecule is FC(F)(F)c1cccc(N2CCN(C3CCN(C[C@H]4CCCCO4)CC3)CC2)c1. The first-order valence-electron chi connectivity index (χ1n) is 11.0. The van der Waals surface area contributed by atoms with E-state index in [9.17, 15) is 13.2 Å². The van der Waals surface area contributed by atoms with Gasteiger partial charge in [-0.15, -0.1) is 0 Å². The smallest absolute Gasteiger partial charge is 0.377 e. The minimum Gasteiger partial charge on any atom is -0.377 e. The van der Waals surface area contributed by atoms with Crippen molar-refractivity contribution < 1.29 is 17.9 Å². The van der Waals surface area contributed by atoms with Gasteiger partial charge in [0.05, 0.1) is 11.7 Å². The van der Waals surface area contributed by atoms with Crippen LogP contribution in [0.25, 0.3) is 0 Å². The van der Waals surface area contributed by atoms with Crippen molar-refractivity contribution in [1.82, 2.24) is 9.80 Å². The molecule has 3 saturated heterocycles. The van der Waals surface area contributed by atoms with Crippen molar-refractivity contribution in [2.75, 3.05) is 57.3 Å². The summed E-state index contributed by atoms with van der Waals surface area (Å²) in [4.78, 5) is 7.17. The molecule has 0 saturated carbocycles. The van der Waals surface area contributed by atoms with Crippen molar-refractivity contribution in [3.8, 4) is 0 Å². The number of halogens is 3. The third kappa shape index (κ3) is 5.44. The van der Waals surface area contributed by atoms with Crippen LogP contribution in [0.5, 0.6) is 0 Å². The average Bonchev–Trinajstić information content (AvgIpc) is 2.75. The fourth-order valence-electron chi connectivity index (χ4n) is 4.93. The Kier molecular flexibility index (Phi) is 6.66. The van der Waals surface area contributed by atoms with E-state index in [1.807, 2.05) is 0 Å². The van der Waals surface area contributed by atoms with Crippen LogP contribution in [-0.4, -0.2) is 74.4 Å². The first-order valence-corrected chi connectivity index (χ1v) is 11.0. The lowest BCUT2D eigenvalue weighted by Crippen LogP contribution is -2.53. The minimum atomic E-state index is -4.28. The van der Waals surface area contributed by atoms with Crippen LogP contribution in [0.15, 0.2) is 24.3 Å². The number of alkyl halides is 3. The van der Waals surface area contributed by atoms with E-state index in [1.54, 1.807) is 6.07 Å². The van der Waals surface area contributed by atoms with Gasteiger partial charge < -0.3 is 14.5 Å². The first-order chi connectivity index (χ1) is 14.0. The third-order valence-electron chi connectivity index (χ3n) is 6.66. The number of anilines is 1. The molecule has 3 fully saturated rings. The van der Waals surface area contributed by atoms with Gasteiger partial charge in [0.2, 0.25) is 0 Å². The van der Waals surface area contributed by atoms with Crippen LogP contribution in [0.2, 0.25) is 0 Å². The van der Waals surface area contributed by atoms with Crippen molar-refractivity contribution in [3.05, 3.63) is 29.8 Å². The Bertz CT molecular complexity index is 647. The lowest BCUT2D eigenvalue weighted by Gasteiger charge is -2.44. The van der Waals surface area contributed by atoms with Gasteiger partial charge in [0.1, 0.15) is 0 Å². The molecule has 4 rings (SSSR count). The largest absolute Gasteiger partial charge is 0.416 e. The molecule has 1 aromatic rings. The number of hydrogen-bond donors (Lipinski definition) is 0. The highest BCUT2D eigenvalue weighted by Crippen LogP contribution is 2.32. The number of nitrogens with zero attached hydrogens (tertiary/aromatic N) is 3. The number of ether oxygens (including phenoxy) is 1. The molecule has 3 heterocycles. The van der Waals surface area contributed by atoms with E-state index in [1.165, 1.54) is 44.2 Å². The Balaban J connectivity index is 1.23. The second-order valence-electron chi connectivity index (χ2n) is 8.59. The number of rotatable bonds is 4. The molecule has 0 aliphatic carbocycles. The van der Waals surface area contributed by atoms with E-state index < -0.39 is 11.7 Å². The van der Waals surface area contributed by atoms with Crippen LogP contribution < -0.4 is 4.90 Å². The third-order valence-corrected chi connectivity index (χ3v) is 6.66. The maximum Gasteiger partial charge on any atom is 0.416 e. The first kappa shape index (κ1) is 20.9. The van der Waals surface area contributed by atoms with Crippen molar-refractivity contribution in [1.29, 1.82) is 0 Å². The minimum absolute atomic E-state index is 0.413. The van der Waals surface area contributed by atoms with Gasteiger partial charge in [-0.25, -0.2) is 0 Å². The quantitative estimate of drug-likeness (QED) is 0.749. The normalized spacial score (nSPS) is 26.0. The maximum atomic E-state index is 13.0. The Morgan fingerprint density at radius 3 is 2.34 bits per heavy atom. The Labute approximate surface area is 171 Å². The molecule has 0 radical (unpaired) electrons. The van der Waals surface area contributed by atoms with Gasteiger partial charge in [0.15, 0.2) is 0 Å². The van der Waals surface area contributed by atoms with Crippen LogP contribution in [0.1, 0.15) is 37.7 Å². The summed E-state index contributed by atoms with van der Waals surface area (Å²) in [5, 5.41) is 0. The van der Waals surface area contributed by atoms with Crippen LogP contribution in [0, 0.1) is 0 Å². The topological polar surface area (TPSA) is 19.0 Å². The van der Waals surface area contributed by atoms with E-state index in [0.29, 0.717) is 17.8 Å².